The van der Waals surface area contributed by atoms with Crippen molar-refractivity contribution < 1.29 is 34.2 Å². The van der Waals surface area contributed by atoms with Crippen molar-refractivity contribution in [2.75, 3.05) is 0 Å². The Morgan fingerprint density at radius 2 is 1.50 bits per heavy atom. The van der Waals surface area contributed by atoms with Gasteiger partial charge in [-0.1, -0.05) is 0 Å². The van der Waals surface area contributed by atoms with Crippen molar-refractivity contribution in [1.82, 2.24) is 0 Å². The van der Waals surface area contributed by atoms with E-state index in [0.29, 0.717) is 0 Å². The molecule has 32 valence electrons. The molecule has 0 aromatic rings. The Labute approximate surface area is 44.9 Å². The molecule has 0 unspecified atom stereocenters. The van der Waals surface area contributed by atoms with Gasteiger partial charge in [0, 0.05) is 0 Å². The van der Waals surface area contributed by atoms with E-state index in [0.717, 1.165) is 0 Å². The summed E-state index contributed by atoms with van der Waals surface area (Å²) in [5, 5.41) is 0. The first-order valence-corrected chi connectivity index (χ1v) is 2.27. The molecule has 0 radical (unpaired) electrons. The van der Waals surface area contributed by atoms with E-state index in [1.54, 1.807) is 0 Å². The van der Waals surface area contributed by atoms with Crippen molar-refractivity contribution in [3.8, 4) is 0 Å². The second-order valence-electron chi connectivity index (χ2n) is 0. The second kappa shape index (κ2) is 30.4. The summed E-state index contributed by atoms with van der Waals surface area (Å²) in [6.07, 6.45) is 0. The molecule has 0 spiro atoms. The molecule has 0 amide bonds. The van der Waals surface area contributed by atoms with Gasteiger partial charge in [0.2, 0.25) is 0 Å². The first-order chi connectivity index (χ1) is 2.00. The molecule has 0 aliphatic heterocycles. The van der Waals surface area contributed by atoms with Crippen molar-refractivity contribution in [2.24, 2.45) is 0 Å². The van der Waals surface area contributed by atoms with E-state index in [2.05, 4.69) is 40.5 Å². The fraction of sp³-hybridized carbons (Fsp3) is 0. The molecule has 1 N–H and O–H groups in total. The van der Waals surface area contributed by atoms with Crippen molar-refractivity contribution in [3.63, 3.8) is 0 Å². The van der Waals surface area contributed by atoms with Crippen LogP contribution < -0.4 is 0 Å². The summed E-state index contributed by atoms with van der Waals surface area (Å²) in [4.78, 5) is 0. The predicted octanol–water partition coefficient (Wildman–Crippen LogP) is 0.0862. The van der Waals surface area contributed by atoms with E-state index in [-0.39, 0.29) is 0 Å². The maximum absolute atomic E-state index is 6.62. The van der Waals surface area contributed by atoms with Crippen LogP contribution in [0.2, 0.25) is 0 Å². The van der Waals surface area contributed by atoms with Gasteiger partial charge in [-0.25, -0.2) is 0 Å². The van der Waals surface area contributed by atoms with Gasteiger partial charge in [0.15, 0.2) is 0 Å². The Bertz CT molecular complexity index is 8.00. The summed E-state index contributed by atoms with van der Waals surface area (Å²) in [5.74, 6) is 0. The molecule has 0 aromatic carbocycles. The molecule has 4 heavy (non-hydrogen) atoms. The molecule has 0 aliphatic rings. The van der Waals surface area contributed by atoms with Gasteiger partial charge in [-0.05, 0) is 0 Å². The number of hydrogen-bond acceptors (Lipinski definition) is 2. The van der Waals surface area contributed by atoms with Gasteiger partial charge in [0.25, 0.3) is 0 Å². The van der Waals surface area contributed by atoms with Crippen LogP contribution in [-0.4, -0.2) is 4.25 Å². The molecule has 0 bridgehead atoms. The van der Waals surface area contributed by atoms with Crippen molar-refractivity contribution in [1.29, 1.82) is 0 Å². The molecule has 4 heteroatoms. The average Bonchev–Trinajstić information content (AvgIpc) is 1.50. The molecule has 0 rings (SSSR count). The Balaban J connectivity index is 0. The summed E-state index contributed by atoms with van der Waals surface area (Å²) in [6, 6.07) is 0. The van der Waals surface area contributed by atoms with Crippen LogP contribution in [0.4, 0.5) is 0 Å². The molecule has 0 saturated heterocycles. The van der Waals surface area contributed by atoms with Gasteiger partial charge in [-0.2, -0.15) is 0 Å². The molecule has 1 nitrogen and oxygen atoms in total. The fourth-order valence-electron chi connectivity index (χ4n) is 0. The third-order valence-corrected chi connectivity index (χ3v) is 0. The summed E-state index contributed by atoms with van der Waals surface area (Å²) < 4.78 is 6.62. The van der Waals surface area contributed by atoms with Gasteiger partial charge in [-0.3, -0.25) is 0 Å². The van der Waals surface area contributed by atoms with E-state index in [4.69, 9.17) is 4.25 Å². The Hall–Kier alpha value is 1.18. The maximum atomic E-state index is 6.62. The number of hydrogen-bond donors (Lipinski definition) is 1. The van der Waals surface area contributed by atoms with Crippen LogP contribution in [0.5, 0.6) is 0 Å². The van der Waals surface area contributed by atoms with Crippen LogP contribution in [0.15, 0.2) is 0 Å². The van der Waals surface area contributed by atoms with Crippen molar-refractivity contribution in [3.05, 3.63) is 0 Å². The van der Waals surface area contributed by atoms with E-state index in [1.165, 1.54) is 0 Å². The van der Waals surface area contributed by atoms with Gasteiger partial charge >= 0.3 is 44.8 Å². The third-order valence-electron chi connectivity index (χ3n) is 0. The zero-order chi connectivity index (χ0) is 4.00. The minimum absolute atomic E-state index is 2.88. The first kappa shape index (κ1) is 8.95. The molecule has 0 heterocycles. The third kappa shape index (κ3) is 10.9. The molecule has 0 saturated carbocycles. The molecule has 0 fully saturated rings. The van der Waals surface area contributed by atoms with E-state index in [1.807, 2.05) is 0 Å². The molecule has 0 atom stereocenters. The van der Waals surface area contributed by atoms with Crippen LogP contribution in [0.25, 0.3) is 0 Å². The van der Waals surface area contributed by atoms with Crippen molar-refractivity contribution >= 4 is 10.6 Å². The second-order valence-corrected chi connectivity index (χ2v) is 0. The van der Waals surface area contributed by atoms with Gasteiger partial charge in [0.05, 0.1) is 0 Å². The van der Waals surface area contributed by atoms with Crippen molar-refractivity contribution in [2.45, 2.75) is 0 Å². The molecular weight excluding hydrogens is 166 g/mol. The Kier molecular flexibility index (Phi) is 67.9. The van der Waals surface area contributed by atoms with Gasteiger partial charge in [0.1, 0.15) is 0 Å². The summed E-state index contributed by atoms with van der Waals surface area (Å²) in [6.45, 7) is 0. The Morgan fingerprint density at radius 1 is 1.50 bits per heavy atom. The average molecular weight is 167 g/mol. The summed E-state index contributed by atoms with van der Waals surface area (Å²) >= 11 is 6.02. The van der Waals surface area contributed by atoms with Crippen LogP contribution in [-0.2, 0) is 29.9 Å². The van der Waals surface area contributed by atoms with Crippen LogP contribution in [0, 0.1) is 0 Å². The SMILES string of the molecule is [OH][Ni].[S]=[Co]. The van der Waals surface area contributed by atoms with Crippen LogP contribution >= 0.6 is 10.6 Å². The zero-order valence-corrected chi connectivity index (χ0v) is 4.35. The minimum atomic E-state index is 2.88. The van der Waals surface area contributed by atoms with E-state index in [9.17, 15) is 0 Å². The van der Waals surface area contributed by atoms with Gasteiger partial charge < -0.3 is 0 Å². The topological polar surface area (TPSA) is 20.2 Å². The quantitative estimate of drug-likeness (QED) is 0.515. The van der Waals surface area contributed by atoms with Gasteiger partial charge in [-0.15, -0.1) is 0 Å². The molecule has 0 aromatic heterocycles. The number of rotatable bonds is 0. The summed E-state index contributed by atoms with van der Waals surface area (Å²) in [5.41, 5.74) is 0. The normalized spacial score (nSPS) is 3.00. The summed E-state index contributed by atoms with van der Waals surface area (Å²) in [7, 11) is 3.77. The monoisotopic (exact) mass is 166 g/mol. The Morgan fingerprint density at radius 3 is 1.50 bits per heavy atom. The first-order valence-electron chi connectivity index (χ1n) is 0.278. The fourth-order valence-corrected chi connectivity index (χ4v) is 0. The molecular formula is HCoNiOS. The van der Waals surface area contributed by atoms with E-state index >= 15 is 0 Å². The standard InChI is InChI=1S/Co.Ni.H2O.S/h;;1H2;/q;+1;;/p-1. The van der Waals surface area contributed by atoms with Crippen LogP contribution in [0.1, 0.15) is 0 Å². The molecule has 0 aliphatic carbocycles. The van der Waals surface area contributed by atoms with E-state index < -0.39 is 0 Å². The predicted molar refractivity (Wildman–Crippen MR) is 9.81 cm³/mol. The zero-order valence-electron chi connectivity index (χ0n) is 1.51. The van der Waals surface area contributed by atoms with Crippen LogP contribution in [0.3, 0.4) is 0 Å².